The lowest BCUT2D eigenvalue weighted by Gasteiger charge is -2.13. The molecule has 1 aliphatic rings. The van der Waals surface area contributed by atoms with E-state index in [2.05, 4.69) is 17.2 Å². The molecule has 8 heteroatoms. The second-order valence-electron chi connectivity index (χ2n) is 6.62. The summed E-state index contributed by atoms with van der Waals surface area (Å²) in [5.74, 6) is -0.867. The first kappa shape index (κ1) is 20.0. The van der Waals surface area contributed by atoms with Crippen LogP contribution in [-0.2, 0) is 32.0 Å². The highest BCUT2D eigenvalue weighted by atomic mass is 32.1. The minimum Gasteiger partial charge on any atom is -0.452 e. The van der Waals surface area contributed by atoms with Gasteiger partial charge in [0.15, 0.2) is 11.2 Å². The fraction of sp³-hybridized carbons (Fsp3) is 0.400. The van der Waals surface area contributed by atoms with Gasteiger partial charge in [-0.2, -0.15) is 0 Å². The van der Waals surface area contributed by atoms with Crippen molar-refractivity contribution in [3.05, 3.63) is 40.9 Å². The quantitative estimate of drug-likeness (QED) is 0.721. The number of nitrogens with one attached hydrogen (secondary N) is 1. The van der Waals surface area contributed by atoms with Crippen LogP contribution in [0.4, 0.5) is 10.8 Å². The van der Waals surface area contributed by atoms with Gasteiger partial charge in [-0.3, -0.25) is 19.3 Å². The standard InChI is InChI=1S/C20H23N3O4S/c1-3-14-6-8-15(9-7-14)21-19(26)13(2)27-18(25)11-16-12-28-20(22-16)23-10-4-5-17(23)24/h6-9,12-13H,3-5,10-11H2,1-2H3,(H,21,26)/t13-/m1/s1. The Kier molecular flexibility index (Phi) is 6.41. The average molecular weight is 401 g/mol. The molecule has 0 radical (unpaired) electrons. The van der Waals surface area contributed by atoms with E-state index < -0.39 is 12.1 Å². The molecule has 2 aromatic rings. The van der Waals surface area contributed by atoms with E-state index in [0.29, 0.717) is 29.5 Å². The molecule has 0 unspecified atom stereocenters. The van der Waals surface area contributed by atoms with Crippen LogP contribution in [0, 0.1) is 0 Å². The molecule has 0 aliphatic carbocycles. The molecule has 0 saturated carbocycles. The summed E-state index contributed by atoms with van der Waals surface area (Å²) in [6.45, 7) is 4.25. The summed E-state index contributed by atoms with van der Waals surface area (Å²) in [5.41, 5.74) is 2.37. The van der Waals surface area contributed by atoms with E-state index in [9.17, 15) is 14.4 Å². The van der Waals surface area contributed by atoms with Gasteiger partial charge in [0.05, 0.1) is 12.1 Å². The largest absolute Gasteiger partial charge is 0.452 e. The first-order valence-corrected chi connectivity index (χ1v) is 10.2. The van der Waals surface area contributed by atoms with E-state index in [0.717, 1.165) is 12.8 Å². The van der Waals surface area contributed by atoms with E-state index >= 15 is 0 Å². The Hall–Kier alpha value is -2.74. The van der Waals surface area contributed by atoms with Gasteiger partial charge in [0.1, 0.15) is 0 Å². The van der Waals surface area contributed by atoms with Crippen molar-refractivity contribution in [2.45, 2.75) is 45.6 Å². The maximum absolute atomic E-state index is 12.2. The molecule has 148 valence electrons. The Morgan fingerprint density at radius 3 is 2.71 bits per heavy atom. The van der Waals surface area contributed by atoms with Gasteiger partial charge in [0.25, 0.3) is 5.91 Å². The number of carbonyl (C=O) groups is 3. The van der Waals surface area contributed by atoms with E-state index in [1.165, 1.54) is 23.8 Å². The molecule has 1 saturated heterocycles. The molecule has 1 fully saturated rings. The number of anilines is 2. The lowest BCUT2D eigenvalue weighted by molar-refractivity contribution is -0.152. The number of esters is 1. The molecule has 0 bridgehead atoms. The molecule has 7 nitrogen and oxygen atoms in total. The third-order valence-corrected chi connectivity index (χ3v) is 5.39. The number of amides is 2. The van der Waals surface area contributed by atoms with Gasteiger partial charge in [-0.25, -0.2) is 4.98 Å². The Morgan fingerprint density at radius 2 is 2.07 bits per heavy atom. The molecule has 3 rings (SSSR count). The fourth-order valence-electron chi connectivity index (χ4n) is 2.86. The smallest absolute Gasteiger partial charge is 0.312 e. The van der Waals surface area contributed by atoms with Crippen molar-refractivity contribution in [1.29, 1.82) is 0 Å². The number of benzene rings is 1. The Labute approximate surface area is 167 Å². The average Bonchev–Trinajstić information content (AvgIpc) is 3.30. The van der Waals surface area contributed by atoms with Crippen LogP contribution < -0.4 is 10.2 Å². The minimum atomic E-state index is -0.920. The van der Waals surface area contributed by atoms with Crippen LogP contribution in [0.15, 0.2) is 29.6 Å². The monoisotopic (exact) mass is 401 g/mol. The second-order valence-corrected chi connectivity index (χ2v) is 7.46. The lowest BCUT2D eigenvalue weighted by atomic mass is 10.1. The number of rotatable bonds is 7. The molecular formula is C20H23N3O4S. The van der Waals surface area contributed by atoms with Crippen molar-refractivity contribution in [3.8, 4) is 0 Å². The minimum absolute atomic E-state index is 0.0403. The molecule has 1 N–H and O–H groups in total. The Balaban J connectivity index is 1.50. The number of nitrogens with zero attached hydrogens (tertiary/aromatic N) is 2. The van der Waals surface area contributed by atoms with Gasteiger partial charge in [-0.05, 0) is 37.5 Å². The number of hydrogen-bond acceptors (Lipinski definition) is 6. The Morgan fingerprint density at radius 1 is 1.32 bits per heavy atom. The van der Waals surface area contributed by atoms with Gasteiger partial charge in [-0.1, -0.05) is 19.1 Å². The van der Waals surface area contributed by atoms with Crippen LogP contribution in [0.2, 0.25) is 0 Å². The summed E-state index contributed by atoms with van der Waals surface area (Å²) in [6.07, 6.45) is 1.32. The predicted octanol–water partition coefficient (Wildman–Crippen LogP) is 2.95. The lowest BCUT2D eigenvalue weighted by Crippen LogP contribution is -2.30. The van der Waals surface area contributed by atoms with Crippen LogP contribution in [0.3, 0.4) is 0 Å². The molecule has 2 heterocycles. The van der Waals surface area contributed by atoms with E-state index in [1.54, 1.807) is 10.3 Å². The van der Waals surface area contributed by atoms with E-state index in [1.807, 2.05) is 24.3 Å². The van der Waals surface area contributed by atoms with Crippen LogP contribution >= 0.6 is 11.3 Å². The van der Waals surface area contributed by atoms with Crippen molar-refractivity contribution < 1.29 is 19.1 Å². The molecule has 1 aliphatic heterocycles. The number of hydrogen-bond donors (Lipinski definition) is 1. The summed E-state index contributed by atoms with van der Waals surface area (Å²) in [5, 5.41) is 5.08. The summed E-state index contributed by atoms with van der Waals surface area (Å²) < 4.78 is 5.22. The maximum atomic E-state index is 12.2. The molecule has 28 heavy (non-hydrogen) atoms. The third kappa shape index (κ3) is 4.95. The fourth-order valence-corrected chi connectivity index (χ4v) is 3.73. The van der Waals surface area contributed by atoms with E-state index in [-0.39, 0.29) is 18.2 Å². The third-order valence-electron chi connectivity index (χ3n) is 4.48. The van der Waals surface area contributed by atoms with Crippen LogP contribution in [0.5, 0.6) is 0 Å². The molecule has 0 spiro atoms. The highest BCUT2D eigenvalue weighted by Crippen LogP contribution is 2.25. The topological polar surface area (TPSA) is 88.6 Å². The predicted molar refractivity (Wildman–Crippen MR) is 107 cm³/mol. The number of aryl methyl sites for hydroxylation is 1. The van der Waals surface area contributed by atoms with Crippen molar-refractivity contribution in [2.75, 3.05) is 16.8 Å². The molecule has 2 amide bonds. The number of aromatic nitrogens is 1. The van der Waals surface area contributed by atoms with E-state index in [4.69, 9.17) is 4.74 Å². The van der Waals surface area contributed by atoms with Gasteiger partial charge >= 0.3 is 5.97 Å². The van der Waals surface area contributed by atoms with Crippen LogP contribution in [0.1, 0.15) is 37.9 Å². The van der Waals surface area contributed by atoms with Crippen molar-refractivity contribution in [1.82, 2.24) is 4.98 Å². The van der Waals surface area contributed by atoms with Crippen molar-refractivity contribution in [3.63, 3.8) is 0 Å². The van der Waals surface area contributed by atoms with Gasteiger partial charge in [-0.15, -0.1) is 11.3 Å². The van der Waals surface area contributed by atoms with Crippen molar-refractivity contribution >= 4 is 39.9 Å². The number of carbonyl (C=O) groups excluding carboxylic acids is 3. The van der Waals surface area contributed by atoms with Gasteiger partial charge in [0, 0.05) is 24.0 Å². The summed E-state index contributed by atoms with van der Waals surface area (Å²) >= 11 is 1.33. The summed E-state index contributed by atoms with van der Waals surface area (Å²) in [4.78, 5) is 42.1. The second kappa shape index (κ2) is 8.97. The van der Waals surface area contributed by atoms with Crippen LogP contribution in [0.25, 0.3) is 0 Å². The molecule has 1 aromatic heterocycles. The zero-order chi connectivity index (χ0) is 20.1. The Bertz CT molecular complexity index is 863. The first-order chi connectivity index (χ1) is 13.5. The first-order valence-electron chi connectivity index (χ1n) is 9.30. The normalized spacial score (nSPS) is 14.8. The molecule has 1 atom stereocenters. The van der Waals surface area contributed by atoms with Crippen LogP contribution in [-0.4, -0.2) is 35.4 Å². The summed E-state index contributed by atoms with van der Waals surface area (Å²) in [7, 11) is 0. The van der Waals surface area contributed by atoms with Gasteiger partial charge < -0.3 is 10.1 Å². The summed E-state index contributed by atoms with van der Waals surface area (Å²) in [6, 6.07) is 7.53. The zero-order valence-electron chi connectivity index (χ0n) is 15.9. The zero-order valence-corrected chi connectivity index (χ0v) is 16.8. The molecular weight excluding hydrogens is 378 g/mol. The van der Waals surface area contributed by atoms with Crippen molar-refractivity contribution in [2.24, 2.45) is 0 Å². The number of thiazole rings is 1. The molecule has 1 aromatic carbocycles. The maximum Gasteiger partial charge on any atom is 0.312 e. The van der Waals surface area contributed by atoms with Gasteiger partial charge in [0.2, 0.25) is 5.91 Å². The number of ether oxygens (including phenoxy) is 1. The highest BCUT2D eigenvalue weighted by Gasteiger charge is 2.25. The highest BCUT2D eigenvalue weighted by molar-refractivity contribution is 7.14. The SMILES string of the molecule is CCc1ccc(NC(=O)[C@@H](C)OC(=O)Cc2csc(N3CCCC3=O)n2)cc1.